The van der Waals surface area contributed by atoms with Crippen LogP contribution in [-0.4, -0.2) is 28.9 Å². The van der Waals surface area contributed by atoms with Gasteiger partial charge in [0.15, 0.2) is 11.4 Å². The number of pyridine rings is 1. The predicted molar refractivity (Wildman–Crippen MR) is 73.2 cm³/mol. The van der Waals surface area contributed by atoms with Crippen LogP contribution >= 0.6 is 0 Å². The third-order valence-corrected chi connectivity index (χ3v) is 4.80. The highest BCUT2D eigenvalue weighted by atomic mass is 16.8. The SMILES string of the molecule is CC1(C)O[C@H]2[C@H](CC[C@]3(c4ccccn4)OC(=O)C[C@H]23)O1. The molecule has 1 aromatic heterocycles. The number of aromatic nitrogens is 1. The van der Waals surface area contributed by atoms with Crippen molar-refractivity contribution in [3.8, 4) is 0 Å². The van der Waals surface area contributed by atoms with Crippen molar-refractivity contribution in [3.05, 3.63) is 30.1 Å². The van der Waals surface area contributed by atoms with E-state index in [1.54, 1.807) is 6.20 Å². The average molecular weight is 289 g/mol. The van der Waals surface area contributed by atoms with Crippen molar-refractivity contribution < 1.29 is 19.0 Å². The van der Waals surface area contributed by atoms with Gasteiger partial charge >= 0.3 is 5.97 Å². The van der Waals surface area contributed by atoms with Crippen LogP contribution in [0.2, 0.25) is 0 Å². The number of carbonyl (C=O) groups is 1. The molecule has 1 aliphatic carbocycles. The Morgan fingerprint density at radius 2 is 2.14 bits per heavy atom. The summed E-state index contributed by atoms with van der Waals surface area (Å²) in [6.07, 6.45) is 3.60. The third-order valence-electron chi connectivity index (χ3n) is 4.80. The van der Waals surface area contributed by atoms with Gasteiger partial charge in [0.25, 0.3) is 0 Å². The second-order valence-electron chi connectivity index (χ2n) is 6.57. The van der Waals surface area contributed by atoms with E-state index in [-0.39, 0.29) is 24.1 Å². The molecule has 2 aliphatic heterocycles. The zero-order chi connectivity index (χ0) is 14.7. The molecule has 0 bridgehead atoms. The molecule has 0 spiro atoms. The molecule has 0 radical (unpaired) electrons. The Hall–Kier alpha value is -1.46. The number of rotatable bonds is 1. The highest BCUT2D eigenvalue weighted by molar-refractivity contribution is 5.73. The van der Waals surface area contributed by atoms with E-state index < -0.39 is 11.4 Å². The quantitative estimate of drug-likeness (QED) is 0.741. The van der Waals surface area contributed by atoms with Gasteiger partial charge in [-0.15, -0.1) is 0 Å². The molecule has 5 heteroatoms. The molecule has 3 fully saturated rings. The lowest BCUT2D eigenvalue weighted by atomic mass is 9.70. The summed E-state index contributed by atoms with van der Waals surface area (Å²) >= 11 is 0. The molecule has 3 aliphatic rings. The average Bonchev–Trinajstić information content (AvgIpc) is 2.95. The predicted octanol–water partition coefficient (Wildman–Crippen LogP) is 2.15. The van der Waals surface area contributed by atoms with E-state index in [0.717, 1.165) is 18.5 Å². The van der Waals surface area contributed by atoms with Gasteiger partial charge in [-0.1, -0.05) is 6.07 Å². The van der Waals surface area contributed by atoms with Crippen molar-refractivity contribution in [3.63, 3.8) is 0 Å². The Balaban J connectivity index is 1.75. The number of esters is 1. The fraction of sp³-hybridized carbons (Fsp3) is 0.625. The van der Waals surface area contributed by atoms with Gasteiger partial charge in [-0.2, -0.15) is 0 Å². The van der Waals surface area contributed by atoms with Crippen LogP contribution in [0.5, 0.6) is 0 Å². The monoisotopic (exact) mass is 289 g/mol. The molecular formula is C16H19NO4. The van der Waals surface area contributed by atoms with Crippen molar-refractivity contribution in [1.29, 1.82) is 0 Å². The van der Waals surface area contributed by atoms with E-state index in [0.29, 0.717) is 6.42 Å². The molecule has 0 unspecified atom stereocenters. The van der Waals surface area contributed by atoms with Crippen LogP contribution in [0.1, 0.15) is 38.8 Å². The summed E-state index contributed by atoms with van der Waals surface area (Å²) in [7, 11) is 0. The number of carbonyl (C=O) groups excluding carboxylic acids is 1. The maximum atomic E-state index is 12.0. The lowest BCUT2D eigenvalue weighted by Crippen LogP contribution is -2.48. The van der Waals surface area contributed by atoms with Gasteiger partial charge in [0.2, 0.25) is 0 Å². The van der Waals surface area contributed by atoms with Gasteiger partial charge in [-0.3, -0.25) is 9.78 Å². The van der Waals surface area contributed by atoms with Crippen molar-refractivity contribution in [1.82, 2.24) is 4.98 Å². The Labute approximate surface area is 123 Å². The first-order valence-electron chi connectivity index (χ1n) is 7.49. The number of nitrogens with zero attached hydrogens (tertiary/aromatic N) is 1. The van der Waals surface area contributed by atoms with Crippen molar-refractivity contribution in [2.45, 2.75) is 56.7 Å². The van der Waals surface area contributed by atoms with Crippen LogP contribution in [0.4, 0.5) is 0 Å². The van der Waals surface area contributed by atoms with Gasteiger partial charge < -0.3 is 14.2 Å². The first-order chi connectivity index (χ1) is 10.0. The fourth-order valence-corrected chi connectivity index (χ4v) is 4.05. The fourth-order valence-electron chi connectivity index (χ4n) is 4.05. The summed E-state index contributed by atoms with van der Waals surface area (Å²) < 4.78 is 17.8. The minimum atomic E-state index is -0.650. The number of fused-ring (bicyclic) bond motifs is 3. The number of ether oxygens (including phenoxy) is 3. The maximum absolute atomic E-state index is 12.0. The largest absolute Gasteiger partial charge is 0.452 e. The molecule has 4 rings (SSSR count). The van der Waals surface area contributed by atoms with Gasteiger partial charge in [0, 0.05) is 12.1 Å². The molecule has 0 aromatic carbocycles. The molecule has 5 nitrogen and oxygen atoms in total. The van der Waals surface area contributed by atoms with Crippen LogP contribution in [0.15, 0.2) is 24.4 Å². The van der Waals surface area contributed by atoms with E-state index in [1.807, 2.05) is 32.0 Å². The second-order valence-corrected chi connectivity index (χ2v) is 6.57. The Bertz CT molecular complexity index is 573. The van der Waals surface area contributed by atoms with E-state index >= 15 is 0 Å². The smallest absolute Gasteiger partial charge is 0.307 e. The van der Waals surface area contributed by atoms with Crippen LogP contribution in [0.3, 0.4) is 0 Å². The van der Waals surface area contributed by atoms with Gasteiger partial charge in [0.1, 0.15) is 0 Å². The molecule has 2 saturated heterocycles. The zero-order valence-electron chi connectivity index (χ0n) is 12.2. The van der Waals surface area contributed by atoms with Crippen molar-refractivity contribution in [2.75, 3.05) is 0 Å². The van der Waals surface area contributed by atoms with E-state index in [4.69, 9.17) is 14.2 Å². The highest BCUT2D eigenvalue weighted by Crippen LogP contribution is 2.54. The highest BCUT2D eigenvalue weighted by Gasteiger charge is 2.62. The lowest BCUT2D eigenvalue weighted by molar-refractivity contribution is -0.160. The van der Waals surface area contributed by atoms with Crippen LogP contribution in [0, 0.1) is 5.92 Å². The first kappa shape index (κ1) is 13.2. The van der Waals surface area contributed by atoms with E-state index in [9.17, 15) is 4.79 Å². The minimum absolute atomic E-state index is 0.0274. The van der Waals surface area contributed by atoms with Gasteiger partial charge in [-0.25, -0.2) is 0 Å². The third kappa shape index (κ3) is 1.91. The molecule has 3 heterocycles. The van der Waals surface area contributed by atoms with Crippen LogP contribution < -0.4 is 0 Å². The Morgan fingerprint density at radius 3 is 2.90 bits per heavy atom. The van der Waals surface area contributed by atoms with E-state index in [2.05, 4.69) is 4.98 Å². The number of hydrogen-bond donors (Lipinski definition) is 0. The van der Waals surface area contributed by atoms with Crippen LogP contribution in [0.25, 0.3) is 0 Å². The summed E-state index contributed by atoms with van der Waals surface area (Å²) in [4.78, 5) is 16.4. The second kappa shape index (κ2) is 4.27. The minimum Gasteiger partial charge on any atom is -0.452 e. The summed E-state index contributed by atoms with van der Waals surface area (Å²) in [5.41, 5.74) is 0.177. The van der Waals surface area contributed by atoms with Crippen LogP contribution in [-0.2, 0) is 24.6 Å². The van der Waals surface area contributed by atoms with Gasteiger partial charge in [-0.05, 0) is 38.8 Å². The molecule has 0 N–H and O–H groups in total. The summed E-state index contributed by atoms with van der Waals surface area (Å²) in [5, 5.41) is 0. The standard InChI is InChI=1S/C16H19NO4/c1-15(2)19-11-6-7-16(12-5-3-4-8-17-12)10(14(11)21-15)9-13(18)20-16/h3-5,8,10-11,14H,6-7,9H2,1-2H3/t10-,11+,14-,16+/m1/s1. The van der Waals surface area contributed by atoms with Crippen molar-refractivity contribution >= 4 is 5.97 Å². The summed E-state index contributed by atoms with van der Waals surface area (Å²) in [6, 6.07) is 5.74. The first-order valence-corrected chi connectivity index (χ1v) is 7.49. The topological polar surface area (TPSA) is 57.7 Å². The lowest BCUT2D eigenvalue weighted by Gasteiger charge is -2.41. The molecule has 4 atom stereocenters. The molecule has 112 valence electrons. The van der Waals surface area contributed by atoms with Crippen molar-refractivity contribution in [2.24, 2.45) is 5.92 Å². The molecule has 1 saturated carbocycles. The summed E-state index contributed by atoms with van der Waals surface area (Å²) in [5.74, 6) is -0.790. The molecular weight excluding hydrogens is 270 g/mol. The maximum Gasteiger partial charge on any atom is 0.307 e. The number of hydrogen-bond acceptors (Lipinski definition) is 5. The Kier molecular flexibility index (Phi) is 2.69. The molecule has 1 aromatic rings. The molecule has 0 amide bonds. The van der Waals surface area contributed by atoms with Gasteiger partial charge in [0.05, 0.1) is 24.3 Å². The van der Waals surface area contributed by atoms with E-state index in [1.165, 1.54) is 0 Å². The Morgan fingerprint density at radius 1 is 1.29 bits per heavy atom. The summed E-state index contributed by atoms with van der Waals surface area (Å²) in [6.45, 7) is 3.84. The zero-order valence-corrected chi connectivity index (χ0v) is 12.2. The molecule has 21 heavy (non-hydrogen) atoms. The normalized spacial score (nSPS) is 40.5.